The maximum Gasteiger partial charge on any atom is 0 e. The Balaban J connectivity index is 0. The fourth-order valence-corrected chi connectivity index (χ4v) is 0. The van der Waals surface area contributed by atoms with Gasteiger partial charge in [-0.2, -0.15) is 0 Å². The van der Waals surface area contributed by atoms with Gasteiger partial charge in [0.05, 0.1) is 0 Å². The molecule has 0 atom stereocenters. The van der Waals surface area contributed by atoms with Crippen LogP contribution >= 0.6 is 0 Å². The minimum absolute atomic E-state index is 0. The van der Waals surface area contributed by atoms with Gasteiger partial charge in [0, 0.05) is 21.7 Å². The van der Waals surface area contributed by atoms with Gasteiger partial charge in [-0.05, 0) is 0 Å². The van der Waals surface area contributed by atoms with E-state index in [0.717, 1.165) is 0 Å². The average Bonchev–Trinajstić information content (AvgIpc) is 1.38. The topological polar surface area (TPSA) is 17.1 Å². The molecule has 0 saturated carbocycles. The molecule has 3 heteroatoms. The molecule has 29 valence electrons. The Morgan fingerprint density at radius 2 is 2.00 bits per heavy atom. The van der Waals surface area contributed by atoms with Crippen LogP contribution in [0.15, 0.2) is 12.7 Å². The minimum Gasteiger partial charge on any atom is 0 e. The predicted molar refractivity (Wildman–Crippen MR) is 15.2 cm³/mol. The number of carbonyl (C=O) groups excluding carboxylic acids is 1. The van der Waals surface area contributed by atoms with E-state index in [9.17, 15) is 4.79 Å². The molecule has 0 radical (unpaired) electrons. The third-order valence-corrected chi connectivity index (χ3v) is 0.504. The molecule has 0 rings (SSSR count). The number of hydrogen-bond donors (Lipinski definition) is 0. The van der Waals surface area contributed by atoms with Crippen molar-refractivity contribution in [1.29, 1.82) is 0 Å². The van der Waals surface area contributed by atoms with E-state index in [2.05, 4.69) is 6.58 Å². The van der Waals surface area contributed by atoms with Gasteiger partial charge in [0.2, 0.25) is 0 Å². The molecule has 1 nitrogen and oxygen atoms in total. The zero-order chi connectivity index (χ0) is 4.28. The van der Waals surface area contributed by atoms with Gasteiger partial charge in [0.1, 0.15) is 0 Å². The fraction of sp³-hybridized carbons (Fsp3) is 0. The van der Waals surface area contributed by atoms with Crippen LogP contribution in [0.25, 0.3) is 0 Å². The molecule has 0 heterocycles. The molecule has 0 unspecified atom stereocenters. The maximum atomic E-state index is 9.69. The summed E-state index contributed by atoms with van der Waals surface area (Å²) in [6.45, 7) is 3.21. The summed E-state index contributed by atoms with van der Waals surface area (Å²) in [6, 6.07) is 0. The molecule has 0 aliphatic rings. The molecule has 0 aliphatic heterocycles. The van der Waals surface area contributed by atoms with Crippen molar-refractivity contribution in [3.63, 3.8) is 0 Å². The van der Waals surface area contributed by atoms with Crippen LogP contribution in [-0.2, 0) is 46.9 Å². The van der Waals surface area contributed by atoms with E-state index < -0.39 is 0 Å². The second-order valence-electron chi connectivity index (χ2n) is 0.568. The molecule has 0 spiro atoms. The van der Waals surface area contributed by atoms with E-state index in [4.69, 9.17) is 0 Å². The van der Waals surface area contributed by atoms with Gasteiger partial charge in [-0.15, -0.1) is 0 Å². The smallest absolute Gasteiger partial charge is 0 e. The quantitative estimate of drug-likeness (QED) is 0.387. The Morgan fingerprint density at radius 3 is 2.00 bits per heavy atom. The summed E-state index contributed by atoms with van der Waals surface area (Å²) in [7, 11) is 0. The number of allylic oxidation sites excluding steroid dienone is 1. The standard InChI is InChI=1S/C3H3O.2Ti/c1-2-3-4;;/h2H,1H2;;. The van der Waals surface area contributed by atoms with Crippen molar-refractivity contribution in [2.75, 3.05) is 0 Å². The predicted octanol–water partition coefficient (Wildman–Crippen LogP) is 0.243. The molecule has 0 aromatic heterocycles. The van der Waals surface area contributed by atoms with Crippen molar-refractivity contribution >= 4 is 4.09 Å². The van der Waals surface area contributed by atoms with Crippen molar-refractivity contribution in [1.82, 2.24) is 0 Å². The van der Waals surface area contributed by atoms with Crippen LogP contribution in [0, 0.1) is 0 Å². The van der Waals surface area contributed by atoms with Crippen molar-refractivity contribution in [2.24, 2.45) is 0 Å². The number of carbonyl (C=O) groups is 1. The molecule has 0 fully saturated rings. The van der Waals surface area contributed by atoms with Gasteiger partial charge >= 0.3 is 42.0 Å². The molecule has 6 heavy (non-hydrogen) atoms. The normalized spacial score (nSPS) is 5.17. The first kappa shape index (κ1) is 9.96. The number of rotatable bonds is 1. The van der Waals surface area contributed by atoms with Gasteiger partial charge in [-0.25, -0.2) is 0 Å². The van der Waals surface area contributed by atoms with Crippen LogP contribution in [0.3, 0.4) is 0 Å². The third-order valence-electron chi connectivity index (χ3n) is 0.185. The zero-order valence-electron chi connectivity index (χ0n) is 3.19. The van der Waals surface area contributed by atoms with E-state index in [1.165, 1.54) is 26.5 Å². The molecular formula is C3H3OTi2. The van der Waals surface area contributed by atoms with Gasteiger partial charge < -0.3 is 0 Å². The van der Waals surface area contributed by atoms with Gasteiger partial charge in [0.25, 0.3) is 0 Å². The van der Waals surface area contributed by atoms with Crippen molar-refractivity contribution in [2.45, 2.75) is 0 Å². The zero-order valence-corrected chi connectivity index (χ0v) is 6.32. The van der Waals surface area contributed by atoms with E-state index >= 15 is 0 Å². The second kappa shape index (κ2) is 5.84. The SMILES string of the molecule is C=C[C](=O)[Ti].[Ti]. The van der Waals surface area contributed by atoms with Crippen LogP contribution < -0.4 is 0 Å². The van der Waals surface area contributed by atoms with Crippen LogP contribution in [0.4, 0.5) is 0 Å². The molecule has 0 aromatic carbocycles. The Labute approximate surface area is 63.5 Å². The molecule has 0 aliphatic carbocycles. The largest absolute Gasteiger partial charge is 0 e. The van der Waals surface area contributed by atoms with Crippen LogP contribution in [0.2, 0.25) is 0 Å². The molecule has 0 N–H and O–H groups in total. The monoisotopic (exact) mass is 151 g/mol. The van der Waals surface area contributed by atoms with Gasteiger partial charge in [-0.1, -0.05) is 0 Å². The Hall–Kier alpha value is 0.839. The summed E-state index contributed by atoms with van der Waals surface area (Å²) in [5.74, 6) is 0. The van der Waals surface area contributed by atoms with Crippen LogP contribution in [-0.4, -0.2) is 4.09 Å². The summed E-state index contributed by atoms with van der Waals surface area (Å²) in [5, 5.41) is 0. The van der Waals surface area contributed by atoms with E-state index in [-0.39, 0.29) is 25.8 Å². The van der Waals surface area contributed by atoms with E-state index in [1.807, 2.05) is 0 Å². The fourth-order valence-electron chi connectivity index (χ4n) is 0. The molecule has 0 aromatic rings. The first-order valence-electron chi connectivity index (χ1n) is 1.15. The summed E-state index contributed by atoms with van der Waals surface area (Å²) in [4.78, 5) is 9.69. The van der Waals surface area contributed by atoms with Crippen molar-refractivity contribution in [3.8, 4) is 0 Å². The van der Waals surface area contributed by atoms with Gasteiger partial charge in [-0.3, -0.25) is 0 Å². The van der Waals surface area contributed by atoms with Crippen molar-refractivity contribution in [3.05, 3.63) is 12.7 Å². The first-order valence-corrected chi connectivity index (χ1v) is 1.93. The average molecular weight is 151 g/mol. The van der Waals surface area contributed by atoms with E-state index in [1.54, 1.807) is 0 Å². The maximum absolute atomic E-state index is 9.69. The molecule has 0 saturated heterocycles. The van der Waals surface area contributed by atoms with Crippen LogP contribution in [0.1, 0.15) is 0 Å². The minimum atomic E-state index is 0. The summed E-state index contributed by atoms with van der Waals surface area (Å²) >= 11 is 1.47. The Kier molecular flexibility index (Phi) is 9.69. The summed E-state index contributed by atoms with van der Waals surface area (Å²) < 4.78 is 0.0185. The first-order chi connectivity index (χ1) is 2.27. The van der Waals surface area contributed by atoms with Gasteiger partial charge in [0.15, 0.2) is 0 Å². The third kappa shape index (κ3) is 8.85. The second-order valence-corrected chi connectivity index (χ2v) is 1.34. The molecular weight excluding hydrogens is 148 g/mol. The Bertz CT molecular complexity index is 59.8. The molecule has 0 amide bonds. The van der Waals surface area contributed by atoms with Crippen molar-refractivity contribution < 1.29 is 46.9 Å². The van der Waals surface area contributed by atoms with Crippen LogP contribution in [0.5, 0.6) is 0 Å². The Morgan fingerprint density at radius 1 is 1.83 bits per heavy atom. The summed E-state index contributed by atoms with van der Waals surface area (Å²) in [6.07, 6.45) is 1.28. The molecule has 0 bridgehead atoms. The van der Waals surface area contributed by atoms with E-state index in [0.29, 0.717) is 0 Å². The summed E-state index contributed by atoms with van der Waals surface area (Å²) in [5.41, 5.74) is 0. The number of hydrogen-bond acceptors (Lipinski definition) is 1.